The minimum Gasteiger partial charge on any atom is -0.275 e. The van der Waals surface area contributed by atoms with E-state index in [2.05, 4.69) is 36.5 Å². The molecule has 92 valence electrons. The van der Waals surface area contributed by atoms with Crippen molar-refractivity contribution in [3.63, 3.8) is 0 Å². The monoisotopic (exact) mass is 314 g/mol. The minimum atomic E-state index is 0. The van der Waals surface area contributed by atoms with Crippen molar-refractivity contribution in [2.45, 2.75) is 38.5 Å². The molecule has 0 N–H and O–H groups in total. The van der Waals surface area contributed by atoms with Gasteiger partial charge in [-0.05, 0) is 6.42 Å². The molecule has 0 saturated heterocycles. The van der Waals surface area contributed by atoms with E-state index in [1.165, 1.54) is 19.3 Å². The van der Waals surface area contributed by atoms with Gasteiger partial charge in [-0.2, -0.15) is 6.08 Å². The van der Waals surface area contributed by atoms with Gasteiger partial charge < -0.3 is 0 Å². The Kier molecular flexibility index (Phi) is 12.9. The van der Waals surface area contributed by atoms with E-state index in [0.717, 1.165) is 19.3 Å². The van der Waals surface area contributed by atoms with Gasteiger partial charge in [-0.15, -0.1) is 18.9 Å². The van der Waals surface area contributed by atoms with Crippen molar-refractivity contribution in [1.82, 2.24) is 0 Å². The third kappa shape index (κ3) is 11.6. The van der Waals surface area contributed by atoms with Gasteiger partial charge in [0.2, 0.25) is 0 Å². The summed E-state index contributed by atoms with van der Waals surface area (Å²) in [5, 5.41) is 0. The Morgan fingerprint density at radius 2 is 1.41 bits per heavy atom. The summed E-state index contributed by atoms with van der Waals surface area (Å²) in [6.07, 6.45) is 30.0. The zero-order valence-corrected chi connectivity index (χ0v) is 12.0. The molecule has 0 heterocycles. The molecule has 1 heteroatoms. The van der Waals surface area contributed by atoms with Gasteiger partial charge in [0.25, 0.3) is 0 Å². The molecule has 0 atom stereocenters. The van der Waals surface area contributed by atoms with E-state index in [-0.39, 0.29) is 19.5 Å². The Hall–Kier alpha value is -0.677. The van der Waals surface area contributed by atoms with Gasteiger partial charge in [0, 0.05) is 0 Å². The standard InChI is InChI=1S/C8H11.C8H9.Ru/c2*1-2-4-6-8-7-5-3-1;/h1-3H,4,6-8H2;1-5H,6,8H2;/q2*-1;+2. The summed E-state index contributed by atoms with van der Waals surface area (Å²) in [5.74, 6) is 0. The summed E-state index contributed by atoms with van der Waals surface area (Å²) < 4.78 is 0. The molecule has 0 spiro atoms. The van der Waals surface area contributed by atoms with Gasteiger partial charge in [0.05, 0.1) is 0 Å². The summed E-state index contributed by atoms with van der Waals surface area (Å²) in [5.41, 5.74) is 0. The summed E-state index contributed by atoms with van der Waals surface area (Å²) in [6.45, 7) is 0. The van der Waals surface area contributed by atoms with Crippen LogP contribution in [-0.2, 0) is 19.5 Å². The van der Waals surface area contributed by atoms with Crippen molar-refractivity contribution in [2.75, 3.05) is 0 Å². The van der Waals surface area contributed by atoms with Gasteiger partial charge in [-0.1, -0.05) is 31.4 Å². The Balaban J connectivity index is 0.000000284. The van der Waals surface area contributed by atoms with Crippen LogP contribution in [0.15, 0.2) is 48.6 Å². The summed E-state index contributed by atoms with van der Waals surface area (Å²) in [4.78, 5) is 0. The summed E-state index contributed by atoms with van der Waals surface area (Å²) in [7, 11) is 0. The van der Waals surface area contributed by atoms with Crippen LogP contribution in [0.1, 0.15) is 38.5 Å². The molecule has 0 aromatic heterocycles. The second-order valence-electron chi connectivity index (χ2n) is 3.77. The van der Waals surface area contributed by atoms with Crippen LogP contribution in [0, 0.1) is 12.2 Å². The number of rotatable bonds is 0. The van der Waals surface area contributed by atoms with Crippen molar-refractivity contribution >= 4 is 0 Å². The van der Waals surface area contributed by atoms with Crippen molar-refractivity contribution in [1.29, 1.82) is 0 Å². The molecule has 0 fully saturated rings. The molecule has 2 aliphatic carbocycles. The Morgan fingerprint density at radius 3 is 2.35 bits per heavy atom. The predicted octanol–water partition coefficient (Wildman–Crippen LogP) is 4.73. The summed E-state index contributed by atoms with van der Waals surface area (Å²) in [6, 6.07) is 0. The average molecular weight is 313 g/mol. The molecule has 0 saturated carbocycles. The fourth-order valence-corrected chi connectivity index (χ4v) is 1.42. The molecular formula is C16H20Ru. The van der Waals surface area contributed by atoms with E-state index in [1.54, 1.807) is 0 Å². The first-order chi connectivity index (χ1) is 8.00. The maximum atomic E-state index is 3.18. The Bertz CT molecular complexity index is 263. The maximum absolute atomic E-state index is 3.18. The first-order valence-electron chi connectivity index (χ1n) is 6.10. The van der Waals surface area contributed by atoms with Crippen LogP contribution in [-0.4, -0.2) is 0 Å². The molecule has 0 aromatic carbocycles. The molecule has 0 aromatic rings. The first-order valence-corrected chi connectivity index (χ1v) is 6.10. The molecule has 2 aliphatic rings. The van der Waals surface area contributed by atoms with E-state index in [9.17, 15) is 0 Å². The topological polar surface area (TPSA) is 0 Å². The van der Waals surface area contributed by atoms with E-state index in [4.69, 9.17) is 0 Å². The second-order valence-corrected chi connectivity index (χ2v) is 3.77. The van der Waals surface area contributed by atoms with E-state index in [1.807, 2.05) is 24.3 Å². The second kappa shape index (κ2) is 13.4. The van der Waals surface area contributed by atoms with Crippen LogP contribution in [0.3, 0.4) is 0 Å². The fourth-order valence-electron chi connectivity index (χ4n) is 1.42. The van der Waals surface area contributed by atoms with Gasteiger partial charge >= 0.3 is 19.5 Å². The molecule has 2 rings (SSSR count). The molecule has 0 unspecified atom stereocenters. The van der Waals surface area contributed by atoms with Gasteiger partial charge in [0.15, 0.2) is 0 Å². The minimum absolute atomic E-state index is 0. The average Bonchev–Trinajstić information content (AvgIpc) is 2.15. The maximum Gasteiger partial charge on any atom is 2.00 e. The Labute approximate surface area is 119 Å². The number of allylic oxidation sites excluding steroid dienone is 10. The van der Waals surface area contributed by atoms with Crippen LogP contribution in [0.2, 0.25) is 0 Å². The zero-order chi connectivity index (χ0) is 11.3. The zero-order valence-electron chi connectivity index (χ0n) is 10.2. The van der Waals surface area contributed by atoms with Crippen LogP contribution in [0.4, 0.5) is 0 Å². The van der Waals surface area contributed by atoms with Crippen molar-refractivity contribution in [3.05, 3.63) is 60.8 Å². The molecule has 17 heavy (non-hydrogen) atoms. The van der Waals surface area contributed by atoms with Crippen LogP contribution in [0.5, 0.6) is 0 Å². The van der Waals surface area contributed by atoms with E-state index < -0.39 is 0 Å². The third-order valence-electron chi connectivity index (χ3n) is 2.32. The van der Waals surface area contributed by atoms with Crippen molar-refractivity contribution in [2.24, 2.45) is 0 Å². The van der Waals surface area contributed by atoms with E-state index in [0.29, 0.717) is 0 Å². The number of hydrogen-bond acceptors (Lipinski definition) is 0. The Morgan fingerprint density at radius 1 is 0.647 bits per heavy atom. The molecular weight excluding hydrogens is 293 g/mol. The van der Waals surface area contributed by atoms with E-state index >= 15 is 0 Å². The molecule has 0 amide bonds. The van der Waals surface area contributed by atoms with Gasteiger partial charge in [0.1, 0.15) is 0 Å². The van der Waals surface area contributed by atoms with Crippen LogP contribution < -0.4 is 0 Å². The normalized spacial score (nSPS) is 17.9. The van der Waals surface area contributed by atoms with Crippen molar-refractivity contribution in [3.8, 4) is 0 Å². The smallest absolute Gasteiger partial charge is 0.275 e. The third-order valence-corrected chi connectivity index (χ3v) is 2.32. The molecule has 0 bridgehead atoms. The van der Waals surface area contributed by atoms with Crippen LogP contribution in [0.25, 0.3) is 0 Å². The first kappa shape index (κ1) is 16.3. The SMILES string of the molecule is [C-]1=CC=CC=CCC1.[C-]1=CC=CCCCC1.[Ru+2]. The fraction of sp³-hybridized carbons (Fsp3) is 0.375. The number of hydrogen-bond donors (Lipinski definition) is 0. The summed E-state index contributed by atoms with van der Waals surface area (Å²) >= 11 is 0. The van der Waals surface area contributed by atoms with Gasteiger partial charge in [-0.25, -0.2) is 24.3 Å². The van der Waals surface area contributed by atoms with Gasteiger partial charge in [-0.3, -0.25) is 12.2 Å². The molecule has 0 aliphatic heterocycles. The molecule has 0 radical (unpaired) electrons. The molecule has 0 nitrogen and oxygen atoms in total. The van der Waals surface area contributed by atoms with Crippen LogP contribution >= 0.6 is 0 Å². The predicted molar refractivity (Wildman–Crippen MR) is 70.7 cm³/mol. The largest absolute Gasteiger partial charge is 2.00 e. The quantitative estimate of drug-likeness (QED) is 0.448. The van der Waals surface area contributed by atoms with Crippen molar-refractivity contribution < 1.29 is 19.5 Å².